The summed E-state index contributed by atoms with van der Waals surface area (Å²) in [4.78, 5) is 4.60. The van der Waals surface area contributed by atoms with E-state index in [0.29, 0.717) is 22.9 Å². The Morgan fingerprint density at radius 1 is 1.24 bits per heavy atom. The first-order valence-corrected chi connectivity index (χ1v) is 6.50. The molecule has 1 aliphatic carbocycles. The van der Waals surface area contributed by atoms with Crippen molar-refractivity contribution in [3.05, 3.63) is 11.9 Å². The summed E-state index contributed by atoms with van der Waals surface area (Å²) in [5.41, 5.74) is 1.77. The monoisotopic (exact) mass is 235 g/mol. The number of anilines is 1. The lowest BCUT2D eigenvalue weighted by Crippen LogP contribution is -2.15. The lowest BCUT2D eigenvalue weighted by molar-refractivity contribution is 0.457. The zero-order chi connectivity index (χ0) is 13.0. The molecule has 0 spiro atoms. The molecule has 0 aromatic carbocycles. The van der Waals surface area contributed by atoms with Gasteiger partial charge < -0.3 is 9.88 Å². The van der Waals surface area contributed by atoms with Gasteiger partial charge in [-0.05, 0) is 31.6 Å². The van der Waals surface area contributed by atoms with Gasteiger partial charge in [0.15, 0.2) is 0 Å². The average Bonchev–Trinajstić information content (AvgIpc) is 2.42. The van der Waals surface area contributed by atoms with E-state index >= 15 is 0 Å². The molecule has 0 unspecified atom stereocenters. The highest BCUT2D eigenvalue weighted by atomic mass is 15.3. The summed E-state index contributed by atoms with van der Waals surface area (Å²) in [6, 6.07) is 0.956. The van der Waals surface area contributed by atoms with Gasteiger partial charge >= 0.3 is 0 Å². The molecule has 17 heavy (non-hydrogen) atoms. The fourth-order valence-electron chi connectivity index (χ4n) is 2.93. The molecule has 0 bridgehead atoms. The van der Waals surface area contributed by atoms with Crippen LogP contribution in [0, 0.1) is 17.8 Å². The van der Waals surface area contributed by atoms with Crippen LogP contribution in [0.25, 0.3) is 0 Å². The minimum atomic E-state index is 0.341. The van der Waals surface area contributed by atoms with Crippen LogP contribution in [0.5, 0.6) is 0 Å². The minimum absolute atomic E-state index is 0.341. The molecule has 1 aromatic rings. The highest BCUT2D eigenvalue weighted by Crippen LogP contribution is 2.71. The molecule has 0 atom stereocenters. The molecule has 2 rings (SSSR count). The maximum atomic E-state index is 4.60. The number of aryl methyl sites for hydroxylation is 1. The van der Waals surface area contributed by atoms with Crippen LogP contribution in [0.2, 0.25) is 0 Å². The predicted octanol–water partition coefficient (Wildman–Crippen LogP) is 3.62. The van der Waals surface area contributed by atoms with Crippen LogP contribution in [0.4, 0.5) is 5.95 Å². The molecule has 3 heteroatoms. The maximum Gasteiger partial charge on any atom is 0.203 e. The minimum Gasteiger partial charge on any atom is -0.353 e. The van der Waals surface area contributed by atoms with Gasteiger partial charge in [-0.2, -0.15) is 0 Å². The molecule has 0 saturated heterocycles. The van der Waals surface area contributed by atoms with Gasteiger partial charge in [0.25, 0.3) is 0 Å². The van der Waals surface area contributed by atoms with E-state index in [2.05, 4.69) is 69.5 Å². The van der Waals surface area contributed by atoms with E-state index in [1.807, 2.05) is 0 Å². The molecule has 0 amide bonds. The molecular formula is C14H25N3. The first-order valence-electron chi connectivity index (χ1n) is 6.50. The zero-order valence-corrected chi connectivity index (χ0v) is 12.1. The Balaban J connectivity index is 2.34. The standard InChI is InChI=1S/C14H25N3/c1-9(2)15-12-16-10(3)8-17(12)11-13(4,5)14(11,6)7/h8-9,11H,1-7H3,(H,15,16). The molecule has 0 radical (unpaired) electrons. The largest absolute Gasteiger partial charge is 0.353 e. The second-order valence-corrected chi connectivity index (χ2v) is 6.76. The van der Waals surface area contributed by atoms with E-state index in [1.165, 1.54) is 0 Å². The normalized spacial score (nSPS) is 21.9. The Morgan fingerprint density at radius 2 is 1.76 bits per heavy atom. The summed E-state index contributed by atoms with van der Waals surface area (Å²) < 4.78 is 2.33. The first kappa shape index (κ1) is 12.5. The molecule has 1 saturated carbocycles. The number of hydrogen-bond donors (Lipinski definition) is 1. The third kappa shape index (κ3) is 1.76. The van der Waals surface area contributed by atoms with Crippen molar-refractivity contribution in [1.82, 2.24) is 9.55 Å². The molecule has 1 heterocycles. The molecule has 1 fully saturated rings. The van der Waals surface area contributed by atoms with Crippen molar-refractivity contribution in [1.29, 1.82) is 0 Å². The van der Waals surface area contributed by atoms with Gasteiger partial charge in [-0.15, -0.1) is 0 Å². The van der Waals surface area contributed by atoms with Gasteiger partial charge in [-0.25, -0.2) is 4.98 Å². The Morgan fingerprint density at radius 3 is 2.18 bits per heavy atom. The Hall–Kier alpha value is -0.990. The summed E-state index contributed by atoms with van der Waals surface area (Å²) >= 11 is 0. The second-order valence-electron chi connectivity index (χ2n) is 6.76. The summed E-state index contributed by atoms with van der Waals surface area (Å²) in [6.07, 6.45) is 2.17. The number of rotatable bonds is 3. The Labute approximate surface area is 105 Å². The fourth-order valence-corrected chi connectivity index (χ4v) is 2.93. The fraction of sp³-hybridized carbons (Fsp3) is 0.786. The van der Waals surface area contributed by atoms with Crippen molar-refractivity contribution in [3.63, 3.8) is 0 Å². The Kier molecular flexibility index (Phi) is 2.57. The molecule has 1 N–H and O–H groups in total. The van der Waals surface area contributed by atoms with Gasteiger partial charge in [-0.3, -0.25) is 0 Å². The topological polar surface area (TPSA) is 29.9 Å². The van der Waals surface area contributed by atoms with Crippen LogP contribution >= 0.6 is 0 Å². The molecule has 1 aromatic heterocycles. The zero-order valence-electron chi connectivity index (χ0n) is 12.1. The average molecular weight is 235 g/mol. The van der Waals surface area contributed by atoms with Crippen LogP contribution in [-0.4, -0.2) is 15.6 Å². The number of hydrogen-bond acceptors (Lipinski definition) is 2. The summed E-state index contributed by atoms with van der Waals surface area (Å²) in [5, 5.41) is 3.44. The number of nitrogens with one attached hydrogen (secondary N) is 1. The van der Waals surface area contributed by atoms with E-state index in [9.17, 15) is 0 Å². The molecule has 0 aliphatic heterocycles. The molecular weight excluding hydrogens is 210 g/mol. The van der Waals surface area contributed by atoms with Crippen LogP contribution in [-0.2, 0) is 0 Å². The van der Waals surface area contributed by atoms with E-state index < -0.39 is 0 Å². The smallest absolute Gasteiger partial charge is 0.203 e. The number of imidazole rings is 1. The summed E-state index contributed by atoms with van der Waals surface area (Å²) in [5.74, 6) is 1.01. The lowest BCUT2D eigenvalue weighted by atomic mass is 10.0. The third-order valence-electron chi connectivity index (χ3n) is 4.49. The second kappa shape index (κ2) is 3.50. The van der Waals surface area contributed by atoms with Gasteiger partial charge in [0.05, 0.1) is 5.69 Å². The van der Waals surface area contributed by atoms with Gasteiger partial charge in [0.2, 0.25) is 5.95 Å². The number of aromatic nitrogens is 2. The molecule has 3 nitrogen and oxygen atoms in total. The van der Waals surface area contributed by atoms with Crippen molar-refractivity contribution in [2.75, 3.05) is 5.32 Å². The molecule has 96 valence electrons. The van der Waals surface area contributed by atoms with Crippen molar-refractivity contribution < 1.29 is 0 Å². The van der Waals surface area contributed by atoms with Crippen molar-refractivity contribution in [3.8, 4) is 0 Å². The third-order valence-corrected chi connectivity index (χ3v) is 4.49. The van der Waals surface area contributed by atoms with Crippen LogP contribution in [0.1, 0.15) is 53.3 Å². The predicted molar refractivity (Wildman–Crippen MR) is 72.3 cm³/mol. The maximum absolute atomic E-state index is 4.60. The van der Waals surface area contributed by atoms with Gasteiger partial charge in [0, 0.05) is 18.3 Å². The summed E-state index contributed by atoms with van der Waals surface area (Å²) in [6.45, 7) is 15.7. The van der Waals surface area contributed by atoms with Gasteiger partial charge in [-0.1, -0.05) is 27.7 Å². The molecule has 1 aliphatic rings. The van der Waals surface area contributed by atoms with E-state index in [1.54, 1.807) is 0 Å². The van der Waals surface area contributed by atoms with Crippen molar-refractivity contribution in [2.24, 2.45) is 10.8 Å². The highest BCUT2D eigenvalue weighted by Gasteiger charge is 2.66. The van der Waals surface area contributed by atoms with Crippen molar-refractivity contribution in [2.45, 2.75) is 60.5 Å². The van der Waals surface area contributed by atoms with Crippen LogP contribution < -0.4 is 5.32 Å². The lowest BCUT2D eigenvalue weighted by Gasteiger charge is -2.13. The van der Waals surface area contributed by atoms with Crippen LogP contribution in [0.3, 0.4) is 0 Å². The first-order chi connectivity index (χ1) is 7.68. The van der Waals surface area contributed by atoms with Crippen LogP contribution in [0.15, 0.2) is 6.20 Å². The van der Waals surface area contributed by atoms with E-state index in [4.69, 9.17) is 0 Å². The van der Waals surface area contributed by atoms with Gasteiger partial charge in [0.1, 0.15) is 0 Å². The Bertz CT molecular complexity index is 413. The van der Waals surface area contributed by atoms with E-state index in [0.717, 1.165) is 11.6 Å². The SMILES string of the molecule is Cc1cn(C2C(C)(C)C2(C)C)c(NC(C)C)n1. The van der Waals surface area contributed by atoms with E-state index in [-0.39, 0.29) is 0 Å². The quantitative estimate of drug-likeness (QED) is 0.867. The summed E-state index contributed by atoms with van der Waals surface area (Å²) in [7, 11) is 0. The number of nitrogens with zero attached hydrogens (tertiary/aromatic N) is 2. The van der Waals surface area contributed by atoms with Crippen molar-refractivity contribution >= 4 is 5.95 Å². The highest BCUT2D eigenvalue weighted by molar-refractivity contribution is 5.34.